The van der Waals surface area contributed by atoms with E-state index < -0.39 is 5.60 Å². The molecule has 0 spiro atoms. The number of fused-ring (bicyclic) bond motifs is 1. The zero-order valence-electron chi connectivity index (χ0n) is 33.7. The first-order valence-electron chi connectivity index (χ1n) is 20.4. The minimum Gasteiger partial charge on any atom is -0.491 e. The molecule has 0 aromatic heterocycles. The topological polar surface area (TPSA) is 57.3 Å². The Morgan fingerprint density at radius 3 is 2.53 bits per heavy atom. The lowest BCUT2D eigenvalue weighted by atomic mass is 9.63. The molecular formula is C46H63ClN4O3S. The molecule has 3 aromatic carbocycles. The van der Waals surface area contributed by atoms with Crippen molar-refractivity contribution in [1.82, 2.24) is 9.62 Å². The summed E-state index contributed by atoms with van der Waals surface area (Å²) < 4.78 is 16.7. The monoisotopic (exact) mass is 786 g/mol. The summed E-state index contributed by atoms with van der Waals surface area (Å²) in [6.45, 7) is 14.0. The second-order valence-electron chi connectivity index (χ2n) is 16.0. The van der Waals surface area contributed by atoms with Gasteiger partial charge < -0.3 is 19.3 Å². The number of para-hydroxylation sites is 1. The highest BCUT2D eigenvalue weighted by atomic mass is 35.5. The number of piperazine rings is 1. The van der Waals surface area contributed by atoms with Gasteiger partial charge in [-0.1, -0.05) is 81.1 Å². The number of anilines is 2. The molecule has 298 valence electrons. The van der Waals surface area contributed by atoms with Crippen LogP contribution in [0.2, 0.25) is 5.02 Å². The molecule has 3 aromatic rings. The highest BCUT2D eigenvalue weighted by Crippen LogP contribution is 2.47. The minimum atomic E-state index is -0.421. The summed E-state index contributed by atoms with van der Waals surface area (Å²) in [4.78, 5) is 19.7. The predicted molar refractivity (Wildman–Crippen MR) is 235 cm³/mol. The number of hydrogen-bond acceptors (Lipinski definition) is 7. The lowest BCUT2D eigenvalue weighted by Crippen LogP contribution is -2.58. The van der Waals surface area contributed by atoms with Gasteiger partial charge in [0.2, 0.25) is 0 Å². The van der Waals surface area contributed by atoms with Gasteiger partial charge in [-0.3, -0.25) is 14.4 Å². The van der Waals surface area contributed by atoms with Crippen molar-refractivity contribution in [2.75, 3.05) is 76.4 Å². The summed E-state index contributed by atoms with van der Waals surface area (Å²) in [6, 6.07) is 23.0. The van der Waals surface area contributed by atoms with Gasteiger partial charge in [0, 0.05) is 80.4 Å². The maximum absolute atomic E-state index is 12.1. The Bertz CT molecular complexity index is 1760. The first-order valence-corrected chi connectivity index (χ1v) is 22.2. The smallest absolute Gasteiger partial charge is 0.150 e. The number of nitrogens with zero attached hydrogens (tertiary/aromatic N) is 3. The molecule has 0 radical (unpaired) electrons. The summed E-state index contributed by atoms with van der Waals surface area (Å²) >= 11 is 6.52. The van der Waals surface area contributed by atoms with E-state index in [0.717, 1.165) is 101 Å². The van der Waals surface area contributed by atoms with E-state index in [1.54, 1.807) is 0 Å². The van der Waals surface area contributed by atoms with Gasteiger partial charge in [-0.05, 0) is 104 Å². The molecule has 3 aliphatic rings. The molecule has 1 aliphatic carbocycles. The van der Waals surface area contributed by atoms with Crippen molar-refractivity contribution >= 4 is 45.8 Å². The number of rotatable bonds is 17. The van der Waals surface area contributed by atoms with Gasteiger partial charge in [0.15, 0.2) is 0 Å². The van der Waals surface area contributed by atoms with Crippen LogP contribution in [0.4, 0.5) is 11.4 Å². The average Bonchev–Trinajstić information content (AvgIpc) is 3.38. The maximum atomic E-state index is 12.1. The average molecular weight is 788 g/mol. The summed E-state index contributed by atoms with van der Waals surface area (Å²) in [7, 11) is 3.86. The van der Waals surface area contributed by atoms with Crippen LogP contribution in [-0.4, -0.2) is 94.5 Å². The van der Waals surface area contributed by atoms with Crippen molar-refractivity contribution in [3.63, 3.8) is 0 Å². The van der Waals surface area contributed by atoms with Crippen molar-refractivity contribution in [3.05, 3.63) is 101 Å². The van der Waals surface area contributed by atoms with Gasteiger partial charge in [0.1, 0.15) is 17.6 Å². The summed E-state index contributed by atoms with van der Waals surface area (Å²) in [5.41, 5.74) is 5.16. The maximum Gasteiger partial charge on any atom is 0.150 e. The fourth-order valence-electron chi connectivity index (χ4n) is 8.99. The fraction of sp³-hybridized carbons (Fsp3) is 0.522. The Balaban J connectivity index is 1.27. The van der Waals surface area contributed by atoms with Crippen molar-refractivity contribution in [2.24, 2.45) is 17.8 Å². The van der Waals surface area contributed by atoms with Gasteiger partial charge in [0.25, 0.3) is 0 Å². The normalized spacial score (nSPS) is 23.2. The number of aryl methyl sites for hydroxylation is 1. The number of hydrogen-bond donors (Lipinski definition) is 1. The second-order valence-corrected chi connectivity index (χ2v) is 18.5. The lowest BCUT2D eigenvalue weighted by Gasteiger charge is -2.52. The first kappa shape index (κ1) is 41.5. The van der Waals surface area contributed by atoms with Gasteiger partial charge in [-0.2, -0.15) is 0 Å². The predicted octanol–water partition coefficient (Wildman–Crippen LogP) is 9.13. The van der Waals surface area contributed by atoms with Gasteiger partial charge in [-0.25, -0.2) is 0 Å². The number of carbonyl (C=O) groups is 1. The first-order chi connectivity index (χ1) is 26.7. The number of carbonyl (C=O) groups excluding carboxylic acids is 1. The van der Waals surface area contributed by atoms with E-state index in [1.807, 2.05) is 38.4 Å². The van der Waals surface area contributed by atoms with E-state index in [2.05, 4.69) is 101 Å². The van der Waals surface area contributed by atoms with Gasteiger partial charge >= 0.3 is 0 Å². The highest BCUT2D eigenvalue weighted by Gasteiger charge is 2.48. The van der Waals surface area contributed by atoms with E-state index in [1.165, 1.54) is 16.8 Å². The number of allylic oxidation sites excluding steroid dienone is 1. The Morgan fingerprint density at radius 2 is 1.85 bits per heavy atom. The molecule has 0 bridgehead atoms. The number of nitrogens with one attached hydrogen (secondary N) is 1. The van der Waals surface area contributed by atoms with Crippen LogP contribution in [0.3, 0.4) is 0 Å². The van der Waals surface area contributed by atoms with E-state index in [4.69, 9.17) is 21.1 Å². The fourth-order valence-corrected chi connectivity index (χ4v) is 10.2. The Kier molecular flexibility index (Phi) is 14.6. The van der Waals surface area contributed by atoms with E-state index in [0.29, 0.717) is 35.2 Å². The molecule has 2 aliphatic heterocycles. The van der Waals surface area contributed by atoms with E-state index in [-0.39, 0.29) is 16.6 Å². The minimum absolute atomic E-state index is 0.0779. The zero-order chi connectivity index (χ0) is 39.0. The number of benzene rings is 3. The van der Waals surface area contributed by atoms with Crippen LogP contribution in [0.15, 0.2) is 78.9 Å². The Hall–Kier alpha value is -3.14. The number of halogens is 1. The van der Waals surface area contributed by atoms with Crippen LogP contribution >= 0.6 is 22.3 Å². The number of aldehydes is 1. The Labute approximate surface area is 338 Å². The quantitative estimate of drug-likeness (QED) is 0.0833. The van der Waals surface area contributed by atoms with Crippen LogP contribution in [-0.2, 0) is 11.2 Å². The molecule has 7 atom stereocenters. The van der Waals surface area contributed by atoms with E-state index in [9.17, 15) is 4.79 Å². The molecule has 2 heterocycles. The number of methoxy groups -OCH3 is 1. The zero-order valence-corrected chi connectivity index (χ0v) is 35.3. The van der Waals surface area contributed by atoms with Crippen LogP contribution in [0, 0.1) is 17.8 Å². The number of ether oxygens (including phenoxy) is 2. The standard InChI is InChI=1S/C46H63ClN4O3S/c1-7-12-37-28-40(47)18-19-42(37)39-30-51(44-27-36(31-52)16-21-45(44)54-32-39)29-38-17-20-43(38)46(53-5,22-11-13-34(2)35(3)55(6)48-4)33-49-23-25-50(26-24-49)41-14-9-8-10-15-41/h8-11,14-16,18-19,21-22,27-28,31,34-35,38-39,43,48H,6-7,12-13,17,20,23-26,29-30,32-33H2,1-5H3/b22-11+. The third kappa shape index (κ3) is 9.88. The lowest BCUT2D eigenvalue weighted by molar-refractivity contribution is -0.0919. The Morgan fingerprint density at radius 1 is 1.07 bits per heavy atom. The second kappa shape index (κ2) is 19.3. The van der Waals surface area contributed by atoms with Gasteiger partial charge in [-0.15, -0.1) is 10.7 Å². The molecule has 6 rings (SSSR count). The summed E-state index contributed by atoms with van der Waals surface area (Å²) in [6.07, 6.45) is 11.1. The molecule has 1 saturated carbocycles. The molecule has 1 saturated heterocycles. The van der Waals surface area contributed by atoms with Crippen LogP contribution in [0.1, 0.15) is 73.9 Å². The van der Waals surface area contributed by atoms with Crippen LogP contribution < -0.4 is 19.3 Å². The largest absolute Gasteiger partial charge is 0.491 e. The third-order valence-corrected chi connectivity index (χ3v) is 14.8. The molecule has 2 fully saturated rings. The van der Waals surface area contributed by atoms with E-state index >= 15 is 0 Å². The molecule has 9 heteroatoms. The van der Waals surface area contributed by atoms with Crippen molar-refractivity contribution < 1.29 is 14.3 Å². The molecule has 7 unspecified atom stereocenters. The van der Waals surface area contributed by atoms with Crippen molar-refractivity contribution in [1.29, 1.82) is 0 Å². The molecule has 0 amide bonds. The summed E-state index contributed by atoms with van der Waals surface area (Å²) in [5, 5.41) is 1.25. The van der Waals surface area contributed by atoms with Crippen molar-refractivity contribution in [3.8, 4) is 5.75 Å². The van der Waals surface area contributed by atoms with Gasteiger partial charge in [0.05, 0.1) is 12.3 Å². The van der Waals surface area contributed by atoms with Crippen LogP contribution in [0.5, 0.6) is 5.75 Å². The molecular weight excluding hydrogens is 724 g/mol. The third-order valence-electron chi connectivity index (χ3n) is 12.7. The molecule has 1 N–H and O–H groups in total. The SMILES string of the molecule is C=S(NC)C(C)C(C)C/C=C/C(CN1CCN(c2ccccc2)CC1)(OC)C1CCC1CN1CC(c2ccc(Cl)cc2CCC)COc2ccc(C=O)cc21. The molecule has 7 nitrogen and oxygen atoms in total. The summed E-state index contributed by atoms with van der Waals surface area (Å²) in [5.74, 6) is 6.63. The highest BCUT2D eigenvalue weighted by molar-refractivity contribution is 8.12. The van der Waals surface area contributed by atoms with Crippen molar-refractivity contribution in [2.45, 2.75) is 69.6 Å². The molecule has 55 heavy (non-hydrogen) atoms. The van der Waals surface area contributed by atoms with Crippen LogP contribution in [0.25, 0.3) is 0 Å².